The Morgan fingerprint density at radius 2 is 0.661 bits per heavy atom. The molecule has 0 amide bonds. The second-order valence-electron chi connectivity index (χ2n) is 28.5. The first kappa shape index (κ1) is 89.6. The summed E-state index contributed by atoms with van der Waals surface area (Å²) < 4.78 is 119. The summed E-state index contributed by atoms with van der Waals surface area (Å²) in [5.74, 6) is 1.86. The third-order valence-electron chi connectivity index (χ3n) is 16.6. The van der Waals surface area contributed by atoms with Gasteiger partial charge in [0.1, 0.15) is 34.9 Å². The van der Waals surface area contributed by atoms with E-state index in [0.717, 1.165) is 50.2 Å². The van der Waals surface area contributed by atoms with Gasteiger partial charge in [0.25, 0.3) is 0 Å². The summed E-state index contributed by atoms with van der Waals surface area (Å²) in [7, 11) is 1.90. The van der Waals surface area contributed by atoms with Crippen LogP contribution >= 0.6 is 0 Å². The molecule has 604 valence electrons. The van der Waals surface area contributed by atoms with Crippen LogP contribution in [0.2, 0.25) is 0 Å². The van der Waals surface area contributed by atoms with Crippen molar-refractivity contribution >= 4 is 32.3 Å². The van der Waals surface area contributed by atoms with Crippen molar-refractivity contribution in [2.24, 2.45) is 7.05 Å². The van der Waals surface area contributed by atoms with Gasteiger partial charge in [0.2, 0.25) is 0 Å². The number of imidazole rings is 3. The summed E-state index contributed by atoms with van der Waals surface area (Å²) in [4.78, 5) is 47.9. The largest absolute Gasteiger partial charge is 2.00 e. The van der Waals surface area contributed by atoms with Gasteiger partial charge in [-0.1, -0.05) is 135 Å². The fourth-order valence-electron chi connectivity index (χ4n) is 10.8. The van der Waals surface area contributed by atoms with E-state index < -0.39 is 36.0 Å². The van der Waals surface area contributed by atoms with Crippen molar-refractivity contribution in [1.29, 1.82) is 0 Å². The summed E-state index contributed by atoms with van der Waals surface area (Å²) in [6.07, 6.45) is 1.61. The number of hydrogen-bond acceptors (Lipinski definition) is 18. The van der Waals surface area contributed by atoms with Gasteiger partial charge >= 0.3 is 81.7 Å². The molecule has 0 aliphatic carbocycles. The smallest absolute Gasteiger partial charge is 0.420 e. The second-order valence-corrected chi connectivity index (χ2v) is 28.5. The number of pyridine rings is 3. The standard InChI is InChI=1S/3C16H14F3N4.C12H10N5.C9H12N5.C7H8N5.3Pt/c3*1-15(2,3)10-4-5-11-9(8-10)6-7-20-12(11)13-21-14(23-22-13)16(17,18)19;1-9-14-11(16-15-9)12-13-7-8-17(12)10-5-3-2-4-6-10;1-6(2)14-5-4-10-9(14)8-11-7(3)12-13-8;1-5-9-6(11-10-5)7-8-3-4-12(7)2;;;/h3*4-8H,1-3H3;2-8H,1H3;4-6H,1-3H3;3-4H,1-2H3;;;/q6*-1;3*+2. The minimum absolute atomic E-state index is 0. The van der Waals surface area contributed by atoms with Crippen LogP contribution < -0.4 is 30.6 Å². The summed E-state index contributed by atoms with van der Waals surface area (Å²) in [5.41, 5.74) is 5.21. The van der Waals surface area contributed by atoms with Gasteiger partial charge in [-0.15, -0.1) is 0 Å². The predicted molar refractivity (Wildman–Crippen MR) is 396 cm³/mol. The maximum absolute atomic E-state index is 12.6. The minimum Gasteiger partial charge on any atom is -0.420 e. The van der Waals surface area contributed by atoms with Crippen LogP contribution in [0.1, 0.15) is 134 Å². The van der Waals surface area contributed by atoms with E-state index >= 15 is 0 Å². The minimum atomic E-state index is -4.62. The van der Waals surface area contributed by atoms with Crippen LogP contribution in [-0.4, -0.2) is 104 Å². The number of benzene rings is 4. The van der Waals surface area contributed by atoms with Crippen LogP contribution in [0, 0.1) is 20.8 Å². The maximum atomic E-state index is 12.6. The molecule has 0 aliphatic heterocycles. The van der Waals surface area contributed by atoms with E-state index in [0.29, 0.717) is 80.1 Å². The van der Waals surface area contributed by atoms with E-state index in [-0.39, 0.29) is 96.9 Å². The number of aryl methyl sites for hydroxylation is 4. The van der Waals surface area contributed by atoms with E-state index in [4.69, 9.17) is 0 Å². The molecule has 4 aromatic carbocycles. The summed E-state index contributed by atoms with van der Waals surface area (Å²) in [5, 5.41) is 48.0. The van der Waals surface area contributed by atoms with Crippen LogP contribution in [0.15, 0.2) is 159 Å². The Bertz CT molecular complexity index is 5500. The topological polar surface area (TPSA) is 331 Å². The molecule has 0 aliphatic rings. The molecular weight excluding hydrogens is 2050 g/mol. The van der Waals surface area contributed by atoms with E-state index in [9.17, 15) is 39.5 Å². The van der Waals surface area contributed by atoms with Gasteiger partial charge in [-0.05, 0) is 132 Å². The third-order valence-corrected chi connectivity index (χ3v) is 16.6. The van der Waals surface area contributed by atoms with Crippen LogP contribution in [0.25, 0.3) is 108 Å². The molecule has 27 nitrogen and oxygen atoms in total. The number of nitrogens with zero attached hydrogens (tertiary/aromatic N) is 27. The van der Waals surface area contributed by atoms with Crippen LogP contribution in [0.4, 0.5) is 39.5 Å². The zero-order valence-electron chi connectivity index (χ0n) is 64.0. The van der Waals surface area contributed by atoms with Crippen molar-refractivity contribution in [3.8, 4) is 75.2 Å². The van der Waals surface area contributed by atoms with Crippen molar-refractivity contribution in [3.05, 3.63) is 211 Å². The molecule has 0 N–H and O–H groups in total. The number of alkyl halides is 9. The number of para-hydroxylation sites is 1. The number of aromatic nitrogens is 27. The molecule has 16 rings (SSSR count). The van der Waals surface area contributed by atoms with Crippen molar-refractivity contribution in [3.63, 3.8) is 0 Å². The summed E-state index contributed by atoms with van der Waals surface area (Å²) in [6.45, 7) is 28.5. The Balaban J connectivity index is 0.000000174. The molecule has 0 unspecified atom stereocenters. The van der Waals surface area contributed by atoms with Crippen LogP contribution in [0.3, 0.4) is 0 Å². The van der Waals surface area contributed by atoms with Gasteiger partial charge in [-0.25, -0.2) is 15.0 Å². The van der Waals surface area contributed by atoms with Gasteiger partial charge in [-0.3, -0.25) is 45.5 Å². The average molecular weight is 2120 g/mol. The summed E-state index contributed by atoms with van der Waals surface area (Å²) >= 11 is 0. The molecule has 39 heteroatoms. The normalized spacial score (nSPS) is 11.7. The van der Waals surface area contributed by atoms with Crippen molar-refractivity contribution in [2.45, 2.75) is 138 Å². The van der Waals surface area contributed by atoms with E-state index in [2.05, 4.69) is 197 Å². The Hall–Kier alpha value is -11.0. The first-order chi connectivity index (χ1) is 52.8. The van der Waals surface area contributed by atoms with E-state index in [1.54, 1.807) is 25.5 Å². The predicted octanol–water partition coefficient (Wildman–Crippen LogP) is 14.8. The van der Waals surface area contributed by atoms with Gasteiger partial charge in [0.05, 0.1) is 17.1 Å². The molecule has 12 aromatic heterocycles. The van der Waals surface area contributed by atoms with Crippen LogP contribution in [-0.2, 0) is 105 Å². The maximum Gasteiger partial charge on any atom is 2.00 e. The molecule has 16 aromatic rings. The second kappa shape index (κ2) is 36.7. The van der Waals surface area contributed by atoms with Gasteiger partial charge < -0.3 is 74.2 Å². The number of rotatable bonds is 8. The van der Waals surface area contributed by atoms with Crippen molar-refractivity contribution in [1.82, 2.24) is 135 Å². The van der Waals surface area contributed by atoms with E-state index in [1.807, 2.05) is 156 Å². The number of hydrogen-bond donors (Lipinski definition) is 0. The monoisotopic (exact) mass is 2120 g/mol. The Morgan fingerprint density at radius 3 is 0.974 bits per heavy atom. The molecule has 0 saturated heterocycles. The molecule has 12 heterocycles. The first-order valence-corrected chi connectivity index (χ1v) is 34.4. The summed E-state index contributed by atoms with van der Waals surface area (Å²) in [6, 6.07) is 33.1. The fraction of sp³-hybridized carbons (Fsp3) is 0.289. The molecule has 0 fully saturated rings. The van der Waals surface area contributed by atoms with Crippen LogP contribution in [0.5, 0.6) is 0 Å². The zero-order chi connectivity index (χ0) is 80.8. The molecule has 0 bridgehead atoms. The first-order valence-electron chi connectivity index (χ1n) is 34.4. The molecule has 0 spiro atoms. The van der Waals surface area contributed by atoms with Gasteiger partial charge in [-0.2, -0.15) is 39.5 Å². The van der Waals surface area contributed by atoms with E-state index in [1.165, 1.54) is 18.6 Å². The third kappa shape index (κ3) is 22.1. The SMILES string of the molecule is CC(C)(C)c1ccc2c(-c3nc(C(F)(F)F)n[n-]3)nccc2c1.CC(C)(C)c1ccc2c(-c3nc(C(F)(F)F)n[n-]3)nccc2c1.CC(C)(C)c1ccc2c(-c3nc(C(F)(F)F)n[n-]3)nccc2c1.Cc1n[n-]c(-c2nccn2-c2ccccc2)n1.Cc1n[n-]c(-c2nccn2C(C)C)n1.Cc1n[n-]c(-c2nccn2C)n1.[Pt+2].[Pt+2].[Pt+2]. The average Bonchev–Trinajstić information content (AvgIpc) is 1.77. The molecule has 115 heavy (non-hydrogen) atoms. The number of halogens is 9. The molecular formula is C76H72F9N27Pt3. The quantitative estimate of drug-likeness (QED) is 0.128. The van der Waals surface area contributed by atoms with Crippen molar-refractivity contribution < 1.29 is 103 Å². The van der Waals surface area contributed by atoms with Gasteiger partial charge in [0.15, 0.2) is 0 Å². The Labute approximate surface area is 695 Å². The Morgan fingerprint density at radius 1 is 0.339 bits per heavy atom. The fourth-order valence-corrected chi connectivity index (χ4v) is 10.8. The number of fused-ring (bicyclic) bond motifs is 3. The Kier molecular flexibility index (Phi) is 28.5. The molecule has 0 radical (unpaired) electrons. The van der Waals surface area contributed by atoms with Crippen molar-refractivity contribution in [2.75, 3.05) is 0 Å². The molecule has 0 saturated carbocycles. The molecule has 0 atom stereocenters. The zero-order valence-corrected chi connectivity index (χ0v) is 70.8. The van der Waals surface area contributed by atoms with Gasteiger partial charge in [0, 0.05) is 126 Å².